The number of carbonyl (C=O) groups excluding carboxylic acids is 9. The molecule has 1 heterocycles. The first-order valence-electron chi connectivity index (χ1n) is 24.0. The SMILES string of the molecule is CC(=O)O[C@H]1C(=O)[C@@]2(C)C([C@H](OC(=O)c3ccccc3)[C@]3(O)C[C@H](OC(=O)[C@H](O)[C@@H](NC(=O)c4ccccc4)c4ccccc4)C(C)=C1C3(C)C)[C@]1(OC(=O)CNC(=O)COC(=O)CNC(=O)CO)CO[C@@H]1C[C@@H]2O. The quantitative estimate of drug-likeness (QED) is 0.0549. The molecule has 1 saturated heterocycles. The molecule has 7 rings (SSSR count). The van der Waals surface area contributed by atoms with Gasteiger partial charge in [-0.15, -0.1) is 0 Å². The topological polar surface area (TPSA) is 326 Å². The van der Waals surface area contributed by atoms with Crippen molar-refractivity contribution in [1.29, 1.82) is 0 Å². The second kappa shape index (κ2) is 22.2. The molecule has 22 nitrogen and oxygen atoms in total. The molecule has 11 atom stereocenters. The van der Waals surface area contributed by atoms with Crippen LogP contribution >= 0.6 is 0 Å². The second-order valence-corrected chi connectivity index (χ2v) is 19.6. The Morgan fingerprint density at radius 2 is 1.39 bits per heavy atom. The van der Waals surface area contributed by atoms with Gasteiger partial charge in [-0.25, -0.2) is 9.59 Å². The van der Waals surface area contributed by atoms with Crippen LogP contribution in [0.25, 0.3) is 0 Å². The van der Waals surface area contributed by atoms with Crippen LogP contribution in [-0.2, 0) is 62.0 Å². The summed E-state index contributed by atoms with van der Waals surface area (Å²) in [6.07, 6.45) is -11.8. The van der Waals surface area contributed by atoms with Gasteiger partial charge in [0.2, 0.25) is 5.91 Å². The first-order valence-corrected chi connectivity index (χ1v) is 24.0. The zero-order chi connectivity index (χ0) is 54.6. The van der Waals surface area contributed by atoms with Crippen LogP contribution in [0.4, 0.5) is 0 Å². The molecule has 3 aromatic rings. The first-order chi connectivity index (χ1) is 35.5. The van der Waals surface area contributed by atoms with E-state index in [1.165, 1.54) is 64.1 Å². The van der Waals surface area contributed by atoms with Gasteiger partial charge in [0, 0.05) is 30.7 Å². The number of aliphatic hydroxyl groups is 4. The predicted octanol–water partition coefficient (Wildman–Crippen LogP) is 0.484. The fourth-order valence-corrected chi connectivity index (χ4v) is 10.8. The van der Waals surface area contributed by atoms with Crippen molar-refractivity contribution in [3.05, 3.63) is 119 Å². The minimum atomic E-state index is -2.57. The summed E-state index contributed by atoms with van der Waals surface area (Å²) < 4.78 is 35.4. The molecular weight excluding hydrogens is 983 g/mol. The molecule has 3 aromatic carbocycles. The minimum absolute atomic E-state index is 0.0341. The van der Waals surface area contributed by atoms with Crippen molar-refractivity contribution < 1.29 is 92.0 Å². The van der Waals surface area contributed by atoms with Gasteiger partial charge in [0.25, 0.3) is 11.8 Å². The number of nitrogens with one attached hydrogen (secondary N) is 3. The summed E-state index contributed by atoms with van der Waals surface area (Å²) in [6.45, 7) is 2.82. The largest absolute Gasteiger partial charge is 0.456 e. The summed E-state index contributed by atoms with van der Waals surface area (Å²) in [4.78, 5) is 122. The zero-order valence-corrected chi connectivity index (χ0v) is 41.6. The maximum absolute atomic E-state index is 15.8. The van der Waals surface area contributed by atoms with Crippen molar-refractivity contribution in [3.8, 4) is 0 Å². The van der Waals surface area contributed by atoms with Crippen molar-refractivity contribution in [2.45, 2.75) is 101 Å². The van der Waals surface area contributed by atoms with E-state index in [1.54, 1.807) is 54.6 Å². The van der Waals surface area contributed by atoms with Crippen molar-refractivity contribution in [2.75, 3.05) is 32.9 Å². The van der Waals surface area contributed by atoms with E-state index >= 15 is 4.79 Å². The summed E-state index contributed by atoms with van der Waals surface area (Å²) in [7, 11) is 0. The lowest BCUT2D eigenvalue weighted by atomic mass is 9.44. The average molecular weight is 1040 g/mol. The van der Waals surface area contributed by atoms with Gasteiger partial charge >= 0.3 is 29.8 Å². The highest BCUT2D eigenvalue weighted by atomic mass is 16.6. The normalized spacial score (nSPS) is 28.1. The van der Waals surface area contributed by atoms with E-state index in [1.807, 2.05) is 0 Å². The lowest BCUT2D eigenvalue weighted by Gasteiger charge is -2.67. The molecule has 2 bridgehead atoms. The smallest absolute Gasteiger partial charge is 0.338 e. The highest BCUT2D eigenvalue weighted by molar-refractivity contribution is 5.96. The number of benzene rings is 3. The zero-order valence-electron chi connectivity index (χ0n) is 41.6. The van der Waals surface area contributed by atoms with Crippen LogP contribution in [0, 0.1) is 16.7 Å². The number of Topliss-reactive ketones (excluding diaryl/α,β-unsaturated/α-hetero) is 1. The predicted molar refractivity (Wildman–Crippen MR) is 256 cm³/mol. The molecule has 1 aliphatic heterocycles. The first kappa shape index (κ1) is 55.4. The molecule has 0 aromatic heterocycles. The number of fused-ring (bicyclic) bond motifs is 5. The van der Waals surface area contributed by atoms with Gasteiger partial charge in [-0.1, -0.05) is 80.6 Å². The van der Waals surface area contributed by atoms with Gasteiger partial charge < -0.3 is 64.8 Å². The highest BCUT2D eigenvalue weighted by Crippen LogP contribution is 2.64. The van der Waals surface area contributed by atoms with Gasteiger partial charge in [0.05, 0.1) is 35.6 Å². The third kappa shape index (κ3) is 10.8. The maximum Gasteiger partial charge on any atom is 0.338 e. The molecule has 7 N–H and O–H groups in total. The second-order valence-electron chi connectivity index (χ2n) is 19.6. The molecule has 0 spiro atoms. The van der Waals surface area contributed by atoms with E-state index in [-0.39, 0.29) is 22.3 Å². The van der Waals surface area contributed by atoms with E-state index in [4.69, 9.17) is 33.5 Å². The Labute approximate surface area is 430 Å². The Balaban J connectivity index is 1.31. The number of ether oxygens (including phenoxy) is 6. The van der Waals surface area contributed by atoms with E-state index in [0.29, 0.717) is 5.56 Å². The van der Waals surface area contributed by atoms with E-state index in [2.05, 4.69) is 16.0 Å². The molecule has 1 unspecified atom stereocenters. The third-order valence-electron chi connectivity index (χ3n) is 14.8. The van der Waals surface area contributed by atoms with E-state index in [9.17, 15) is 53.7 Å². The fourth-order valence-electron chi connectivity index (χ4n) is 10.8. The Morgan fingerprint density at radius 3 is 1.97 bits per heavy atom. The molecule has 400 valence electrons. The summed E-state index contributed by atoms with van der Waals surface area (Å²) in [5.74, 6) is -10.9. The summed E-state index contributed by atoms with van der Waals surface area (Å²) in [5, 5.41) is 53.9. The summed E-state index contributed by atoms with van der Waals surface area (Å²) in [5.41, 5.74) is -8.29. The number of amides is 3. The number of rotatable bonds is 17. The Hall–Kier alpha value is -7.37. The molecule has 3 amide bonds. The Bertz CT molecular complexity index is 2740. The van der Waals surface area contributed by atoms with Gasteiger partial charge in [0.1, 0.15) is 43.6 Å². The number of carbonyl (C=O) groups is 9. The van der Waals surface area contributed by atoms with E-state index < -0.39 is 170 Å². The molecular formula is C53H59N3O19. The number of ketones is 1. The van der Waals surface area contributed by atoms with Crippen LogP contribution in [0.2, 0.25) is 0 Å². The van der Waals surface area contributed by atoms with E-state index in [0.717, 1.165) is 6.92 Å². The number of aliphatic hydroxyl groups excluding tert-OH is 3. The average Bonchev–Trinajstić information content (AvgIpc) is 3.39. The minimum Gasteiger partial charge on any atom is -0.456 e. The summed E-state index contributed by atoms with van der Waals surface area (Å²) in [6, 6.07) is 22.2. The van der Waals surface area contributed by atoms with Crippen molar-refractivity contribution in [2.24, 2.45) is 16.7 Å². The van der Waals surface area contributed by atoms with Gasteiger partial charge in [-0.3, -0.25) is 33.6 Å². The van der Waals surface area contributed by atoms with Crippen molar-refractivity contribution >= 4 is 53.4 Å². The lowest BCUT2D eigenvalue weighted by molar-refractivity contribution is -0.346. The monoisotopic (exact) mass is 1040 g/mol. The molecule has 75 heavy (non-hydrogen) atoms. The summed E-state index contributed by atoms with van der Waals surface area (Å²) >= 11 is 0. The van der Waals surface area contributed by atoms with Crippen LogP contribution in [0.5, 0.6) is 0 Å². The van der Waals surface area contributed by atoms with Crippen LogP contribution in [-0.4, -0.2) is 155 Å². The van der Waals surface area contributed by atoms with Gasteiger partial charge in [-0.2, -0.15) is 0 Å². The lowest BCUT2D eigenvalue weighted by Crippen LogP contribution is -2.82. The number of hydrogen-bond acceptors (Lipinski definition) is 19. The molecule has 3 aliphatic carbocycles. The maximum atomic E-state index is 15.8. The van der Waals surface area contributed by atoms with Crippen LogP contribution < -0.4 is 16.0 Å². The molecule has 22 heteroatoms. The molecule has 4 aliphatic rings. The number of hydrogen-bond donors (Lipinski definition) is 7. The molecule has 3 fully saturated rings. The molecule has 2 saturated carbocycles. The van der Waals surface area contributed by atoms with Crippen LogP contribution in [0.15, 0.2) is 102 Å². The number of esters is 5. The van der Waals surface area contributed by atoms with Crippen molar-refractivity contribution in [1.82, 2.24) is 16.0 Å². The van der Waals surface area contributed by atoms with Crippen LogP contribution in [0.3, 0.4) is 0 Å². The van der Waals surface area contributed by atoms with Gasteiger partial charge in [-0.05, 0) is 54.8 Å². The Morgan fingerprint density at radius 1 is 0.800 bits per heavy atom. The third-order valence-corrected chi connectivity index (χ3v) is 14.8. The van der Waals surface area contributed by atoms with Crippen LogP contribution in [0.1, 0.15) is 79.8 Å². The van der Waals surface area contributed by atoms with Gasteiger partial charge in [0.15, 0.2) is 30.2 Å². The highest BCUT2D eigenvalue weighted by Gasteiger charge is 2.78. The fraction of sp³-hybridized carbons (Fsp3) is 0.453. The Kier molecular flexibility index (Phi) is 16.4. The molecule has 0 radical (unpaired) electrons. The van der Waals surface area contributed by atoms with Crippen molar-refractivity contribution in [3.63, 3.8) is 0 Å². The standard InChI is InChI=1S/C53H59N3O19/c1-28-33(73-49(68)42(64)41(30-15-9-6-10-16-30)56-47(66)31-17-11-7-12-18-31)22-53(69)46(74-48(67)32-19-13-8-14-20-32)44-51(5,45(65)43(72-29(2)58)40(28)50(53,3)4)34(59)21-35-52(44,27-71-35)75-39(63)24-55-37(61)26-70-38(62)23-54-36(60)25-57/h6-20,33-35,41-44,46,57,59,64,69H,21-27H2,1-5H3,(H,54,60)(H,55,61)(H,56,66)/t33-,34-,35+,41-,42+,43+,44?,46-,51+,52-,53+/m0/s1.